The Morgan fingerprint density at radius 3 is 1.93 bits per heavy atom. The number of benzene rings is 3. The topological polar surface area (TPSA) is 65.2 Å². The molecule has 0 radical (unpaired) electrons. The second-order valence-corrected chi connectivity index (χ2v) is 7.60. The summed E-state index contributed by atoms with van der Waals surface area (Å²) in [6.45, 7) is 2.03. The van der Waals surface area contributed by atoms with Crippen LogP contribution in [0.5, 0.6) is 11.5 Å². The molecule has 0 spiro atoms. The van der Waals surface area contributed by atoms with E-state index in [4.69, 9.17) is 28.3 Å². The van der Waals surface area contributed by atoms with Gasteiger partial charge in [0.15, 0.2) is 5.54 Å². The number of halogens is 2. The highest BCUT2D eigenvalue weighted by Gasteiger charge is 2.46. The summed E-state index contributed by atoms with van der Waals surface area (Å²) in [4.78, 5) is 0. The Hall–Kier alpha value is -2.82. The summed E-state index contributed by atoms with van der Waals surface area (Å²) in [5.74, 6) is 0.339. The number of azo groups is 1. The van der Waals surface area contributed by atoms with Crippen molar-refractivity contribution in [2.24, 2.45) is 10.2 Å². The average Bonchev–Trinajstić information content (AvgIpc) is 3.09. The van der Waals surface area contributed by atoms with E-state index < -0.39 is 5.54 Å². The zero-order chi connectivity index (χ0) is 20.6. The van der Waals surface area contributed by atoms with Crippen molar-refractivity contribution < 1.29 is 10.2 Å². The monoisotopic (exact) mass is 424 g/mol. The number of phenolic OH excluding ortho intramolecular Hbond substituents is 2. The third-order valence-electron chi connectivity index (χ3n) is 5.13. The number of hydrogen-bond donors (Lipinski definition) is 2. The van der Waals surface area contributed by atoms with Crippen molar-refractivity contribution in [3.63, 3.8) is 0 Å². The molecule has 1 heterocycles. The molecule has 29 heavy (non-hydrogen) atoms. The van der Waals surface area contributed by atoms with E-state index in [9.17, 15) is 10.2 Å². The van der Waals surface area contributed by atoms with Gasteiger partial charge in [-0.25, -0.2) is 0 Å². The minimum atomic E-state index is -1.01. The molecule has 1 unspecified atom stereocenters. The molecular formula is C23H18Cl2N2O2. The summed E-state index contributed by atoms with van der Waals surface area (Å²) >= 11 is 13.3. The fourth-order valence-corrected chi connectivity index (χ4v) is 4.49. The maximum Gasteiger partial charge on any atom is 0.158 e. The first kappa shape index (κ1) is 19.5. The number of phenols is 2. The highest BCUT2D eigenvalue weighted by molar-refractivity contribution is 6.36. The Morgan fingerprint density at radius 1 is 0.828 bits per heavy atom. The normalized spacial score (nSPS) is 18.4. The maximum atomic E-state index is 9.80. The van der Waals surface area contributed by atoms with Gasteiger partial charge < -0.3 is 10.2 Å². The SMILES string of the molecule is CCC1=C(c2ccc(O)cc2)N=NC1(c1ccc(O)cc1)c1c(Cl)cccc1Cl. The van der Waals surface area contributed by atoms with Gasteiger partial charge in [0, 0.05) is 21.2 Å². The van der Waals surface area contributed by atoms with Crippen LogP contribution < -0.4 is 0 Å². The molecule has 0 aliphatic carbocycles. The second kappa shape index (κ2) is 7.54. The molecule has 1 atom stereocenters. The zero-order valence-corrected chi connectivity index (χ0v) is 17.1. The molecular weight excluding hydrogens is 407 g/mol. The highest BCUT2D eigenvalue weighted by atomic mass is 35.5. The van der Waals surface area contributed by atoms with Gasteiger partial charge in [-0.1, -0.05) is 48.3 Å². The highest BCUT2D eigenvalue weighted by Crippen LogP contribution is 2.53. The van der Waals surface area contributed by atoms with Crippen LogP contribution in [0.25, 0.3) is 5.70 Å². The van der Waals surface area contributed by atoms with Gasteiger partial charge in [-0.05, 0) is 66.1 Å². The van der Waals surface area contributed by atoms with Gasteiger partial charge in [0.2, 0.25) is 0 Å². The number of aromatic hydroxyl groups is 2. The predicted octanol–water partition coefficient (Wildman–Crippen LogP) is 6.94. The molecule has 0 amide bonds. The molecule has 4 rings (SSSR count). The molecule has 3 aromatic rings. The van der Waals surface area contributed by atoms with E-state index >= 15 is 0 Å². The van der Waals surface area contributed by atoms with Crippen molar-refractivity contribution in [3.05, 3.63) is 99.0 Å². The van der Waals surface area contributed by atoms with Crippen LogP contribution in [0.15, 0.2) is 82.5 Å². The fourth-order valence-electron chi connectivity index (χ4n) is 3.81. The van der Waals surface area contributed by atoms with E-state index in [1.165, 1.54) is 0 Å². The van der Waals surface area contributed by atoms with Gasteiger partial charge in [-0.15, -0.1) is 0 Å². The lowest BCUT2D eigenvalue weighted by Gasteiger charge is -2.31. The number of rotatable bonds is 4. The van der Waals surface area contributed by atoms with Crippen molar-refractivity contribution in [2.45, 2.75) is 18.9 Å². The standard InChI is InChI=1S/C23H18Cl2N2O2/c1-2-18-22(14-6-10-16(28)11-7-14)26-27-23(18,15-8-12-17(29)13-9-15)21-19(24)4-3-5-20(21)25/h3-13,28-29H,2H2,1H3. The molecule has 4 nitrogen and oxygen atoms in total. The molecule has 3 aromatic carbocycles. The van der Waals surface area contributed by atoms with Gasteiger partial charge in [-0.3, -0.25) is 0 Å². The van der Waals surface area contributed by atoms with E-state index in [-0.39, 0.29) is 11.5 Å². The molecule has 6 heteroatoms. The van der Waals surface area contributed by atoms with Crippen molar-refractivity contribution >= 4 is 28.9 Å². The first-order chi connectivity index (χ1) is 14.0. The van der Waals surface area contributed by atoms with Gasteiger partial charge >= 0.3 is 0 Å². The fraction of sp³-hybridized carbons (Fsp3) is 0.130. The average molecular weight is 425 g/mol. The summed E-state index contributed by atoms with van der Waals surface area (Å²) in [5.41, 5.74) is 2.95. The molecule has 0 fully saturated rings. The summed E-state index contributed by atoms with van der Waals surface area (Å²) in [7, 11) is 0. The van der Waals surface area contributed by atoms with Crippen molar-refractivity contribution in [2.75, 3.05) is 0 Å². The zero-order valence-electron chi connectivity index (χ0n) is 15.6. The molecule has 1 aliphatic rings. The molecule has 146 valence electrons. The second-order valence-electron chi connectivity index (χ2n) is 6.78. The Labute approximate surface area is 178 Å². The summed E-state index contributed by atoms with van der Waals surface area (Å²) in [5, 5.41) is 29.7. The Balaban J connectivity index is 2.05. The van der Waals surface area contributed by atoms with Crippen LogP contribution in [0.1, 0.15) is 30.0 Å². The van der Waals surface area contributed by atoms with Crippen LogP contribution in [0.2, 0.25) is 10.0 Å². The summed E-state index contributed by atoms with van der Waals surface area (Å²) in [6, 6.07) is 19.1. The van der Waals surface area contributed by atoms with E-state index in [1.54, 1.807) is 54.6 Å². The Kier molecular flexibility index (Phi) is 5.07. The van der Waals surface area contributed by atoms with Gasteiger partial charge in [-0.2, -0.15) is 10.2 Å². The van der Waals surface area contributed by atoms with Gasteiger partial charge in [0.25, 0.3) is 0 Å². The molecule has 2 N–H and O–H groups in total. The summed E-state index contributed by atoms with van der Waals surface area (Å²) in [6.07, 6.45) is 0.644. The largest absolute Gasteiger partial charge is 0.508 e. The van der Waals surface area contributed by atoms with E-state index in [2.05, 4.69) is 5.11 Å². The van der Waals surface area contributed by atoms with E-state index in [0.29, 0.717) is 22.0 Å². The summed E-state index contributed by atoms with van der Waals surface area (Å²) < 4.78 is 0. The van der Waals surface area contributed by atoms with Gasteiger partial charge in [0.05, 0.1) is 5.70 Å². The van der Waals surface area contributed by atoms with Crippen LogP contribution in [-0.4, -0.2) is 10.2 Å². The van der Waals surface area contributed by atoms with Crippen molar-refractivity contribution in [3.8, 4) is 11.5 Å². The first-order valence-electron chi connectivity index (χ1n) is 9.17. The Morgan fingerprint density at radius 2 is 1.38 bits per heavy atom. The lowest BCUT2D eigenvalue weighted by atomic mass is 9.75. The molecule has 0 saturated heterocycles. The molecule has 0 aromatic heterocycles. The lowest BCUT2D eigenvalue weighted by Crippen LogP contribution is -2.27. The van der Waals surface area contributed by atoms with Crippen LogP contribution >= 0.6 is 23.2 Å². The minimum Gasteiger partial charge on any atom is -0.508 e. The van der Waals surface area contributed by atoms with Crippen molar-refractivity contribution in [1.29, 1.82) is 0 Å². The van der Waals surface area contributed by atoms with Crippen molar-refractivity contribution in [1.82, 2.24) is 0 Å². The van der Waals surface area contributed by atoms with Crippen LogP contribution in [0.4, 0.5) is 0 Å². The van der Waals surface area contributed by atoms with Crippen LogP contribution in [-0.2, 0) is 5.54 Å². The molecule has 0 saturated carbocycles. The van der Waals surface area contributed by atoms with Crippen LogP contribution in [0.3, 0.4) is 0 Å². The third kappa shape index (κ3) is 3.18. The molecule has 1 aliphatic heterocycles. The number of hydrogen-bond acceptors (Lipinski definition) is 4. The van der Waals surface area contributed by atoms with Gasteiger partial charge in [0.1, 0.15) is 11.5 Å². The van der Waals surface area contributed by atoms with Crippen LogP contribution in [0, 0.1) is 0 Å². The quantitative estimate of drug-likeness (QED) is 0.476. The lowest BCUT2D eigenvalue weighted by molar-refractivity contribution is 0.474. The number of nitrogens with zero attached hydrogens (tertiary/aromatic N) is 2. The maximum absolute atomic E-state index is 9.80. The minimum absolute atomic E-state index is 0.157. The molecule has 0 bridgehead atoms. The Bertz CT molecular complexity index is 1100. The smallest absolute Gasteiger partial charge is 0.158 e. The van der Waals surface area contributed by atoms with E-state index in [1.807, 2.05) is 19.1 Å². The predicted molar refractivity (Wildman–Crippen MR) is 116 cm³/mol. The first-order valence-corrected chi connectivity index (χ1v) is 9.93. The third-order valence-corrected chi connectivity index (χ3v) is 5.76. The van der Waals surface area contributed by atoms with E-state index in [0.717, 1.165) is 22.4 Å².